The minimum absolute atomic E-state index is 0.129. The van der Waals surface area contributed by atoms with Crippen LogP contribution in [0.5, 0.6) is 0 Å². The van der Waals surface area contributed by atoms with E-state index in [0.29, 0.717) is 10.0 Å². The van der Waals surface area contributed by atoms with E-state index in [1.165, 1.54) is 24.0 Å². The second kappa shape index (κ2) is 6.72. The summed E-state index contributed by atoms with van der Waals surface area (Å²) in [5.41, 5.74) is 1.17. The van der Waals surface area contributed by atoms with Crippen molar-refractivity contribution in [3.8, 4) is 0 Å². The second-order valence-electron chi connectivity index (χ2n) is 4.15. The molecule has 4 nitrogen and oxygen atoms in total. The van der Waals surface area contributed by atoms with Crippen LogP contribution in [0, 0.1) is 0 Å². The van der Waals surface area contributed by atoms with Gasteiger partial charge < -0.3 is 10.1 Å². The van der Waals surface area contributed by atoms with Crippen LogP contribution >= 0.6 is 22.9 Å². The maximum Gasteiger partial charge on any atom is 0.351 e. The van der Waals surface area contributed by atoms with Crippen LogP contribution in [0.3, 0.4) is 0 Å². The number of carbonyl (C=O) groups is 1. The highest BCUT2D eigenvalue weighted by atomic mass is 35.5. The van der Waals surface area contributed by atoms with Crippen molar-refractivity contribution in [1.82, 2.24) is 4.98 Å². The highest BCUT2D eigenvalue weighted by molar-refractivity contribution is 7.18. The number of methoxy groups -OCH3 is 1. The van der Waals surface area contributed by atoms with Crippen molar-refractivity contribution in [2.75, 3.05) is 12.4 Å². The molecule has 2 aromatic rings. The Kier molecular flexibility index (Phi) is 4.98. The summed E-state index contributed by atoms with van der Waals surface area (Å²) in [6.45, 7) is 2.08. The summed E-state index contributed by atoms with van der Waals surface area (Å²) in [4.78, 5) is 16.0. The molecule has 0 bridgehead atoms. The molecule has 106 valence electrons. The van der Waals surface area contributed by atoms with Gasteiger partial charge in [-0.15, -0.1) is 0 Å². The van der Waals surface area contributed by atoms with Gasteiger partial charge in [-0.25, -0.2) is 9.78 Å². The summed E-state index contributed by atoms with van der Waals surface area (Å²) >= 11 is 7.15. The zero-order chi connectivity index (χ0) is 14.5. The fraction of sp³-hybridized carbons (Fsp3) is 0.286. The number of halogens is 1. The summed E-state index contributed by atoms with van der Waals surface area (Å²) in [7, 11) is 1.32. The van der Waals surface area contributed by atoms with E-state index in [2.05, 4.69) is 34.1 Å². The van der Waals surface area contributed by atoms with Crippen LogP contribution in [0.15, 0.2) is 30.3 Å². The average molecular weight is 311 g/mol. The molecule has 1 unspecified atom stereocenters. The first-order chi connectivity index (χ1) is 9.65. The molecule has 0 amide bonds. The van der Waals surface area contributed by atoms with Gasteiger partial charge in [-0.05, 0) is 12.0 Å². The van der Waals surface area contributed by atoms with Gasteiger partial charge in [0.15, 0.2) is 15.2 Å². The van der Waals surface area contributed by atoms with Gasteiger partial charge in [-0.2, -0.15) is 0 Å². The molecule has 2 rings (SSSR count). The van der Waals surface area contributed by atoms with Crippen molar-refractivity contribution >= 4 is 34.0 Å². The first kappa shape index (κ1) is 14.8. The smallest absolute Gasteiger partial charge is 0.351 e. The summed E-state index contributed by atoms with van der Waals surface area (Å²) in [5, 5.41) is 4.09. The monoisotopic (exact) mass is 310 g/mol. The minimum atomic E-state index is -0.465. The highest BCUT2D eigenvalue weighted by Crippen LogP contribution is 2.31. The molecule has 0 saturated carbocycles. The van der Waals surface area contributed by atoms with E-state index < -0.39 is 5.97 Å². The van der Waals surface area contributed by atoms with Crippen LogP contribution in [-0.2, 0) is 4.74 Å². The lowest BCUT2D eigenvalue weighted by Crippen LogP contribution is -2.09. The van der Waals surface area contributed by atoms with Crippen molar-refractivity contribution in [2.45, 2.75) is 19.4 Å². The molecule has 1 aromatic heterocycles. The fourth-order valence-electron chi connectivity index (χ4n) is 1.84. The lowest BCUT2D eigenvalue weighted by Gasteiger charge is -2.16. The van der Waals surface area contributed by atoms with E-state index >= 15 is 0 Å². The Balaban J connectivity index is 2.18. The molecular formula is C14H15ClN2O2S. The molecule has 0 aliphatic rings. The summed E-state index contributed by atoms with van der Waals surface area (Å²) in [6, 6.07) is 10.2. The Morgan fingerprint density at radius 2 is 2.15 bits per heavy atom. The number of rotatable bonds is 5. The Morgan fingerprint density at radius 3 is 2.75 bits per heavy atom. The van der Waals surface area contributed by atoms with Gasteiger partial charge in [0.25, 0.3) is 0 Å². The highest BCUT2D eigenvalue weighted by Gasteiger charge is 2.19. The van der Waals surface area contributed by atoms with Crippen LogP contribution in [0.25, 0.3) is 0 Å². The molecule has 0 spiro atoms. The lowest BCUT2D eigenvalue weighted by atomic mass is 10.1. The van der Waals surface area contributed by atoms with E-state index in [0.717, 1.165) is 6.42 Å². The van der Waals surface area contributed by atoms with Crippen molar-refractivity contribution in [3.63, 3.8) is 0 Å². The van der Waals surface area contributed by atoms with Gasteiger partial charge in [0.2, 0.25) is 0 Å². The number of thiazole rings is 1. The van der Waals surface area contributed by atoms with E-state index in [-0.39, 0.29) is 11.2 Å². The topological polar surface area (TPSA) is 51.2 Å². The normalized spacial score (nSPS) is 11.9. The Hall–Kier alpha value is -1.59. The van der Waals surface area contributed by atoms with Crippen LogP contribution in [-0.4, -0.2) is 18.1 Å². The van der Waals surface area contributed by atoms with Crippen LogP contribution < -0.4 is 5.32 Å². The first-order valence-electron chi connectivity index (χ1n) is 6.21. The molecule has 1 heterocycles. The van der Waals surface area contributed by atoms with Gasteiger partial charge in [0.1, 0.15) is 0 Å². The Bertz CT molecular complexity index is 586. The van der Waals surface area contributed by atoms with Gasteiger partial charge >= 0.3 is 5.97 Å². The Morgan fingerprint density at radius 1 is 1.45 bits per heavy atom. The molecule has 20 heavy (non-hydrogen) atoms. The number of hydrogen-bond acceptors (Lipinski definition) is 5. The minimum Gasteiger partial charge on any atom is -0.465 e. The summed E-state index contributed by atoms with van der Waals surface area (Å²) < 4.78 is 4.67. The van der Waals surface area contributed by atoms with E-state index in [1.54, 1.807) is 0 Å². The zero-order valence-electron chi connectivity index (χ0n) is 11.2. The zero-order valence-corrected chi connectivity index (χ0v) is 12.8. The van der Waals surface area contributed by atoms with Crippen molar-refractivity contribution in [1.29, 1.82) is 0 Å². The number of nitrogens with one attached hydrogen (secondary N) is 1. The molecule has 1 N–H and O–H groups in total. The summed E-state index contributed by atoms with van der Waals surface area (Å²) in [5.74, 6) is -0.465. The number of anilines is 1. The standard InChI is InChI=1S/C14H15ClN2O2S/c1-3-10(9-7-5-4-6-8-9)16-14-17-12(15)11(20-14)13(18)19-2/h4-8,10H,3H2,1-2H3,(H,16,17). The Labute approximate surface area is 126 Å². The number of esters is 1. The average Bonchev–Trinajstić information content (AvgIpc) is 2.85. The number of hydrogen-bond donors (Lipinski definition) is 1. The lowest BCUT2D eigenvalue weighted by molar-refractivity contribution is 0.0606. The summed E-state index contributed by atoms with van der Waals surface area (Å²) in [6.07, 6.45) is 0.898. The largest absolute Gasteiger partial charge is 0.465 e. The van der Waals surface area contributed by atoms with E-state index in [9.17, 15) is 4.79 Å². The molecular weight excluding hydrogens is 296 g/mol. The molecule has 1 atom stereocenters. The van der Waals surface area contributed by atoms with Crippen molar-refractivity contribution in [2.24, 2.45) is 0 Å². The number of carbonyl (C=O) groups excluding carboxylic acids is 1. The fourth-order valence-corrected chi connectivity index (χ4v) is 2.99. The number of ether oxygens (including phenoxy) is 1. The maximum absolute atomic E-state index is 11.5. The SMILES string of the molecule is CCC(Nc1nc(Cl)c(C(=O)OC)s1)c1ccccc1. The predicted molar refractivity (Wildman–Crippen MR) is 81.6 cm³/mol. The van der Waals surface area contributed by atoms with E-state index in [1.807, 2.05) is 18.2 Å². The van der Waals surface area contributed by atoms with Gasteiger partial charge in [-0.3, -0.25) is 0 Å². The predicted octanol–water partition coefficient (Wildman–Crippen LogP) is 4.15. The molecule has 0 radical (unpaired) electrons. The van der Waals surface area contributed by atoms with Crippen molar-refractivity contribution < 1.29 is 9.53 Å². The molecule has 0 aliphatic carbocycles. The third-order valence-corrected chi connectivity index (χ3v) is 4.22. The molecule has 0 fully saturated rings. The molecule has 1 aromatic carbocycles. The van der Waals surface area contributed by atoms with Crippen LogP contribution in [0.2, 0.25) is 5.15 Å². The van der Waals surface area contributed by atoms with Crippen molar-refractivity contribution in [3.05, 3.63) is 45.9 Å². The number of aromatic nitrogens is 1. The molecule has 0 aliphatic heterocycles. The third kappa shape index (κ3) is 3.29. The van der Waals surface area contributed by atoms with E-state index in [4.69, 9.17) is 11.6 Å². The molecule has 0 saturated heterocycles. The van der Waals surface area contributed by atoms with Crippen LogP contribution in [0.1, 0.15) is 34.6 Å². The second-order valence-corrected chi connectivity index (χ2v) is 5.50. The van der Waals surface area contributed by atoms with Gasteiger partial charge in [0, 0.05) is 0 Å². The number of nitrogens with zero attached hydrogens (tertiary/aromatic N) is 1. The molecule has 6 heteroatoms. The van der Waals surface area contributed by atoms with Crippen LogP contribution in [0.4, 0.5) is 5.13 Å². The maximum atomic E-state index is 11.5. The first-order valence-corrected chi connectivity index (χ1v) is 7.41. The third-order valence-electron chi connectivity index (χ3n) is 2.86. The van der Waals surface area contributed by atoms with Gasteiger partial charge in [-0.1, -0.05) is 60.2 Å². The number of benzene rings is 1. The quantitative estimate of drug-likeness (QED) is 0.843. The van der Waals surface area contributed by atoms with Gasteiger partial charge in [0.05, 0.1) is 13.2 Å².